The second-order valence-corrected chi connectivity index (χ2v) is 10.1. The molecule has 10 nitrogen and oxygen atoms in total. The normalized spacial score (nSPS) is 13.1. The van der Waals surface area contributed by atoms with Crippen LogP contribution in [0.5, 0.6) is 0 Å². The van der Waals surface area contributed by atoms with Gasteiger partial charge in [-0.15, -0.1) is 37.2 Å². The lowest BCUT2D eigenvalue weighted by Gasteiger charge is -2.35. The number of aromatic nitrogens is 3. The van der Waals surface area contributed by atoms with Gasteiger partial charge in [0.25, 0.3) is 10.0 Å². The van der Waals surface area contributed by atoms with E-state index in [0.717, 1.165) is 0 Å². The molecule has 0 unspecified atom stereocenters. The number of hydrogen-bond acceptors (Lipinski definition) is 8. The summed E-state index contributed by atoms with van der Waals surface area (Å²) in [5.41, 5.74) is 1.40. The van der Waals surface area contributed by atoms with Crippen molar-refractivity contribution in [1.29, 1.82) is 0 Å². The average molecular weight is 614 g/mol. The van der Waals surface area contributed by atoms with Crippen LogP contribution in [0.15, 0.2) is 71.9 Å². The van der Waals surface area contributed by atoms with E-state index in [1.54, 1.807) is 61.8 Å². The van der Waals surface area contributed by atoms with E-state index < -0.39 is 16.0 Å². The van der Waals surface area contributed by atoms with Gasteiger partial charge >= 0.3 is 5.97 Å². The van der Waals surface area contributed by atoms with E-state index >= 15 is 0 Å². The number of rotatable bonds is 6. The fraction of sp³-hybridized carbons (Fsp3) is 0.200. The van der Waals surface area contributed by atoms with E-state index in [1.807, 2.05) is 4.90 Å². The molecule has 1 aliphatic rings. The number of nitrogens with zero attached hydrogens (tertiary/aromatic N) is 5. The van der Waals surface area contributed by atoms with Crippen molar-refractivity contribution in [3.63, 3.8) is 0 Å². The van der Waals surface area contributed by atoms with Crippen molar-refractivity contribution in [3.8, 4) is 0 Å². The highest BCUT2D eigenvalue weighted by Gasteiger charge is 2.23. The molecular formula is C25H27Cl3N6O4S. The highest BCUT2D eigenvalue weighted by atomic mass is 35.5. The number of carboxylic acids is 1. The topological polar surface area (TPSA) is 129 Å². The number of fused-ring (bicyclic) bond motifs is 1. The van der Waals surface area contributed by atoms with Crippen molar-refractivity contribution in [2.45, 2.75) is 11.8 Å². The van der Waals surface area contributed by atoms with Crippen LogP contribution in [0.3, 0.4) is 0 Å². The van der Waals surface area contributed by atoms with Crippen LogP contribution in [0.4, 0.5) is 17.5 Å². The van der Waals surface area contributed by atoms with Crippen molar-refractivity contribution in [3.05, 3.63) is 78.1 Å². The molecule has 0 saturated carbocycles. The van der Waals surface area contributed by atoms with Gasteiger partial charge in [-0.05, 0) is 48.9 Å². The molecule has 0 spiro atoms. The van der Waals surface area contributed by atoms with Crippen LogP contribution in [0, 0.1) is 6.92 Å². The minimum atomic E-state index is -3.84. The summed E-state index contributed by atoms with van der Waals surface area (Å²) in [6.07, 6.45) is 3.40. The van der Waals surface area contributed by atoms with Crippen LogP contribution < -0.4 is 14.5 Å². The molecule has 1 aliphatic heterocycles. The maximum atomic E-state index is 12.9. The van der Waals surface area contributed by atoms with Gasteiger partial charge in [0.05, 0.1) is 16.0 Å². The number of hydrogen-bond donors (Lipinski definition) is 2. The molecule has 4 aromatic rings. The molecule has 1 saturated heterocycles. The van der Waals surface area contributed by atoms with Crippen LogP contribution in [0.2, 0.25) is 0 Å². The Hall–Kier alpha value is -3.38. The number of carboxylic acid groups (broad SMARTS) is 1. The number of pyridine rings is 1. The molecule has 0 atom stereocenters. The number of halogens is 3. The van der Waals surface area contributed by atoms with Crippen molar-refractivity contribution in [1.82, 2.24) is 15.0 Å². The van der Waals surface area contributed by atoms with E-state index in [9.17, 15) is 18.3 Å². The first kappa shape index (κ1) is 31.8. The Morgan fingerprint density at radius 1 is 0.897 bits per heavy atom. The molecule has 2 N–H and O–H groups in total. The van der Waals surface area contributed by atoms with Crippen LogP contribution >= 0.6 is 37.2 Å². The Morgan fingerprint density at radius 2 is 1.54 bits per heavy atom. The molecule has 0 amide bonds. The summed E-state index contributed by atoms with van der Waals surface area (Å²) < 4.78 is 28.4. The molecule has 0 radical (unpaired) electrons. The van der Waals surface area contributed by atoms with Crippen molar-refractivity contribution >= 4 is 81.6 Å². The summed E-state index contributed by atoms with van der Waals surface area (Å²) in [7, 11) is -3.84. The summed E-state index contributed by atoms with van der Waals surface area (Å²) >= 11 is 0. The zero-order valence-electron chi connectivity index (χ0n) is 20.7. The highest BCUT2D eigenvalue weighted by molar-refractivity contribution is 7.92. The second-order valence-electron chi connectivity index (χ2n) is 8.46. The number of nitrogens with one attached hydrogen (secondary N) is 1. The summed E-state index contributed by atoms with van der Waals surface area (Å²) in [6.45, 7) is 4.32. The van der Waals surface area contributed by atoms with Crippen LogP contribution in [-0.4, -0.2) is 60.6 Å². The quantitative estimate of drug-likeness (QED) is 0.325. The molecule has 5 rings (SSSR count). The van der Waals surface area contributed by atoms with Gasteiger partial charge in [0.15, 0.2) is 0 Å². The van der Waals surface area contributed by atoms with E-state index in [-0.39, 0.29) is 53.4 Å². The lowest BCUT2D eigenvalue weighted by Crippen LogP contribution is -2.47. The van der Waals surface area contributed by atoms with Gasteiger partial charge in [-0.1, -0.05) is 18.2 Å². The fourth-order valence-electron chi connectivity index (χ4n) is 4.27. The number of sulfonamides is 1. The first-order valence-electron chi connectivity index (χ1n) is 11.4. The SMILES string of the molecule is Cc1ccccc1S(=O)(=O)Nc1ccc2nc(N3CCN(c4ncccn4)CC3)cc(C(=O)O)c2c1.Cl.Cl.Cl. The Morgan fingerprint density at radius 3 is 2.18 bits per heavy atom. The molecule has 0 aliphatic carbocycles. The molecule has 1 fully saturated rings. The summed E-state index contributed by atoms with van der Waals surface area (Å²) in [5, 5.41) is 10.3. The number of benzene rings is 2. The maximum absolute atomic E-state index is 12.9. The molecule has 39 heavy (non-hydrogen) atoms. The minimum Gasteiger partial charge on any atom is -0.478 e. The number of aromatic carboxylic acids is 1. The maximum Gasteiger partial charge on any atom is 0.336 e. The Labute approximate surface area is 244 Å². The van der Waals surface area contributed by atoms with Gasteiger partial charge in [-0.3, -0.25) is 4.72 Å². The molecule has 3 heterocycles. The smallest absolute Gasteiger partial charge is 0.336 e. The minimum absolute atomic E-state index is 0. The van der Waals surface area contributed by atoms with Crippen LogP contribution in [0.25, 0.3) is 10.9 Å². The second kappa shape index (κ2) is 13.1. The van der Waals surface area contributed by atoms with Crippen molar-refractivity contribution < 1.29 is 18.3 Å². The van der Waals surface area contributed by atoms with E-state index in [1.165, 1.54) is 12.1 Å². The average Bonchev–Trinajstić information content (AvgIpc) is 2.88. The third-order valence-corrected chi connectivity index (χ3v) is 7.64. The largest absolute Gasteiger partial charge is 0.478 e. The number of piperazine rings is 1. The molecule has 2 aromatic heterocycles. The number of anilines is 3. The van der Waals surface area contributed by atoms with Crippen molar-refractivity contribution in [2.75, 3.05) is 40.7 Å². The van der Waals surface area contributed by atoms with Crippen molar-refractivity contribution in [2.24, 2.45) is 0 Å². The number of aryl methyl sites for hydroxylation is 1. The van der Waals surface area contributed by atoms with Gasteiger partial charge in [0.1, 0.15) is 5.82 Å². The lowest BCUT2D eigenvalue weighted by molar-refractivity contribution is 0.0699. The predicted molar refractivity (Wildman–Crippen MR) is 159 cm³/mol. The van der Waals surface area contributed by atoms with Crippen LogP contribution in [0.1, 0.15) is 15.9 Å². The Bertz CT molecular complexity index is 1550. The molecule has 14 heteroatoms. The standard InChI is InChI=1S/C25H24N6O4S.3ClH/c1-17-5-2-3-6-22(17)36(34,35)29-18-7-8-21-19(15-18)20(24(32)33)16-23(28-21)30-11-13-31(14-12-30)25-26-9-4-10-27-25;;;/h2-10,15-16,29H,11-14H2,1H3,(H,32,33);3*1H. The molecule has 2 aromatic carbocycles. The highest BCUT2D eigenvalue weighted by Crippen LogP contribution is 2.28. The zero-order valence-corrected chi connectivity index (χ0v) is 24.0. The van der Waals surface area contributed by atoms with Gasteiger partial charge in [-0.25, -0.2) is 28.2 Å². The predicted octanol–water partition coefficient (Wildman–Crippen LogP) is 4.42. The van der Waals surface area contributed by atoms with E-state index in [2.05, 4.69) is 24.6 Å². The van der Waals surface area contributed by atoms with E-state index in [4.69, 9.17) is 0 Å². The van der Waals surface area contributed by atoms with Gasteiger partial charge < -0.3 is 14.9 Å². The third kappa shape index (κ3) is 6.80. The van der Waals surface area contributed by atoms with Gasteiger partial charge in [0.2, 0.25) is 5.95 Å². The van der Waals surface area contributed by atoms with Gasteiger partial charge in [-0.2, -0.15) is 0 Å². The first-order valence-corrected chi connectivity index (χ1v) is 12.8. The summed E-state index contributed by atoms with van der Waals surface area (Å²) in [4.78, 5) is 29.7. The fourth-order valence-corrected chi connectivity index (χ4v) is 5.57. The Balaban J connectivity index is 0.00000178. The molecular weight excluding hydrogens is 587 g/mol. The lowest BCUT2D eigenvalue weighted by atomic mass is 10.1. The van der Waals surface area contributed by atoms with E-state index in [0.29, 0.717) is 54.4 Å². The monoisotopic (exact) mass is 612 g/mol. The molecule has 0 bridgehead atoms. The van der Waals surface area contributed by atoms with Crippen LogP contribution in [-0.2, 0) is 10.0 Å². The third-order valence-electron chi connectivity index (χ3n) is 6.10. The molecule has 208 valence electrons. The first-order chi connectivity index (χ1) is 17.3. The van der Waals surface area contributed by atoms with Gasteiger partial charge in [0, 0.05) is 49.6 Å². The summed E-state index contributed by atoms with van der Waals surface area (Å²) in [5.74, 6) is 0.108. The number of carbonyl (C=O) groups is 1. The Kier molecular flexibility index (Phi) is 10.7. The zero-order chi connectivity index (χ0) is 25.3. The summed E-state index contributed by atoms with van der Waals surface area (Å²) in [6, 6.07) is 14.7.